The molecule has 0 aromatic heterocycles. The molecule has 0 radical (unpaired) electrons. The van der Waals surface area contributed by atoms with Crippen LogP contribution in [0, 0.1) is 11.3 Å². The molecule has 4 heteroatoms. The summed E-state index contributed by atoms with van der Waals surface area (Å²) < 4.78 is 0. The van der Waals surface area contributed by atoms with Crippen LogP contribution >= 0.6 is 0 Å². The van der Waals surface area contributed by atoms with Crippen molar-refractivity contribution < 1.29 is 10.2 Å². The van der Waals surface area contributed by atoms with Crippen LogP contribution in [0.15, 0.2) is 12.7 Å². The number of hydrogen-bond acceptors (Lipinski definition) is 4. The maximum atomic E-state index is 8.92. The summed E-state index contributed by atoms with van der Waals surface area (Å²) in [6.07, 6.45) is -1.25. The van der Waals surface area contributed by atoms with E-state index in [0.29, 0.717) is 0 Å². The molecular formula is C6H10N2O2. The quantitative estimate of drug-likeness (QED) is 0.429. The van der Waals surface area contributed by atoms with Gasteiger partial charge in [0.1, 0.15) is 18.2 Å². The van der Waals surface area contributed by atoms with Crippen LogP contribution in [-0.4, -0.2) is 28.5 Å². The van der Waals surface area contributed by atoms with Crippen molar-refractivity contribution in [1.82, 2.24) is 0 Å². The van der Waals surface area contributed by atoms with E-state index in [0.717, 1.165) is 6.08 Å². The molecular weight excluding hydrogens is 132 g/mol. The molecule has 0 saturated heterocycles. The first-order valence-electron chi connectivity index (χ1n) is 2.77. The van der Waals surface area contributed by atoms with E-state index in [1.54, 1.807) is 6.07 Å². The Labute approximate surface area is 59.2 Å². The van der Waals surface area contributed by atoms with Crippen LogP contribution in [0.1, 0.15) is 0 Å². The van der Waals surface area contributed by atoms with Crippen LogP contribution < -0.4 is 5.73 Å². The topological polar surface area (TPSA) is 90.3 Å². The SMILES string of the molecule is C=C[C@@H](O)[C@H](O)[C@@H](N)C#N. The molecule has 0 aromatic rings. The molecule has 0 spiro atoms. The lowest BCUT2D eigenvalue weighted by atomic mass is 10.1. The fourth-order valence-corrected chi connectivity index (χ4v) is 0.428. The number of aliphatic hydroxyl groups is 2. The first-order chi connectivity index (χ1) is 4.63. The highest BCUT2D eigenvalue weighted by molar-refractivity contribution is 4.99. The molecule has 0 aliphatic rings. The molecule has 10 heavy (non-hydrogen) atoms. The highest BCUT2D eigenvalue weighted by Crippen LogP contribution is 1.97. The number of nitrogens with zero attached hydrogens (tertiary/aromatic N) is 1. The van der Waals surface area contributed by atoms with Crippen molar-refractivity contribution in [3.8, 4) is 6.07 Å². The Bertz CT molecular complexity index is 152. The van der Waals surface area contributed by atoms with Gasteiger partial charge in [-0.05, 0) is 0 Å². The molecule has 4 N–H and O–H groups in total. The second kappa shape index (κ2) is 4.01. The Kier molecular flexibility index (Phi) is 3.65. The first-order valence-corrected chi connectivity index (χ1v) is 2.77. The molecule has 0 bridgehead atoms. The number of rotatable bonds is 3. The number of nitriles is 1. The van der Waals surface area contributed by atoms with Crippen molar-refractivity contribution in [2.45, 2.75) is 18.2 Å². The molecule has 4 nitrogen and oxygen atoms in total. The van der Waals surface area contributed by atoms with Gasteiger partial charge in [-0.15, -0.1) is 6.58 Å². The molecule has 0 saturated carbocycles. The molecule has 0 aliphatic carbocycles. The van der Waals surface area contributed by atoms with Gasteiger partial charge in [0.2, 0.25) is 0 Å². The normalized spacial score (nSPS) is 18.6. The molecule has 0 aromatic carbocycles. The van der Waals surface area contributed by atoms with Crippen LogP contribution in [-0.2, 0) is 0 Å². The summed E-state index contributed by atoms with van der Waals surface area (Å²) in [5.41, 5.74) is 5.07. The fourth-order valence-electron chi connectivity index (χ4n) is 0.428. The molecule has 56 valence electrons. The summed E-state index contributed by atoms with van der Waals surface area (Å²) in [6, 6.07) is 0.538. The smallest absolute Gasteiger partial charge is 0.122 e. The zero-order chi connectivity index (χ0) is 8.15. The minimum absolute atomic E-state index is 1.06. The van der Waals surface area contributed by atoms with Gasteiger partial charge < -0.3 is 15.9 Å². The zero-order valence-electron chi connectivity index (χ0n) is 5.44. The third-order valence-corrected chi connectivity index (χ3v) is 1.11. The molecule has 0 aliphatic heterocycles. The van der Waals surface area contributed by atoms with Gasteiger partial charge in [0, 0.05) is 0 Å². The van der Waals surface area contributed by atoms with Crippen molar-refractivity contribution >= 4 is 0 Å². The number of hydrogen-bond donors (Lipinski definition) is 3. The van der Waals surface area contributed by atoms with Crippen molar-refractivity contribution in [3.63, 3.8) is 0 Å². The summed E-state index contributed by atoms with van der Waals surface area (Å²) >= 11 is 0. The van der Waals surface area contributed by atoms with E-state index in [1.807, 2.05) is 0 Å². The maximum Gasteiger partial charge on any atom is 0.122 e. The number of nitrogens with two attached hydrogens (primary N) is 1. The Morgan fingerprint density at radius 3 is 2.40 bits per heavy atom. The second-order valence-electron chi connectivity index (χ2n) is 1.87. The van der Waals surface area contributed by atoms with E-state index >= 15 is 0 Å². The first kappa shape index (κ1) is 9.11. The van der Waals surface area contributed by atoms with Gasteiger partial charge in [-0.2, -0.15) is 5.26 Å². The van der Waals surface area contributed by atoms with Crippen LogP contribution in [0.4, 0.5) is 0 Å². The Balaban J connectivity index is 3.95. The lowest BCUT2D eigenvalue weighted by Crippen LogP contribution is -2.40. The average molecular weight is 142 g/mol. The van der Waals surface area contributed by atoms with Crippen molar-refractivity contribution in [3.05, 3.63) is 12.7 Å². The molecule has 0 rings (SSSR count). The van der Waals surface area contributed by atoms with Crippen LogP contribution in [0.5, 0.6) is 0 Å². The van der Waals surface area contributed by atoms with Gasteiger partial charge in [0.25, 0.3) is 0 Å². The third-order valence-electron chi connectivity index (χ3n) is 1.11. The van der Waals surface area contributed by atoms with E-state index in [2.05, 4.69) is 6.58 Å². The molecule has 3 atom stereocenters. The molecule has 0 amide bonds. The van der Waals surface area contributed by atoms with Crippen molar-refractivity contribution in [2.75, 3.05) is 0 Å². The van der Waals surface area contributed by atoms with E-state index in [-0.39, 0.29) is 0 Å². The maximum absolute atomic E-state index is 8.92. The van der Waals surface area contributed by atoms with Crippen molar-refractivity contribution in [1.29, 1.82) is 5.26 Å². The van der Waals surface area contributed by atoms with Gasteiger partial charge >= 0.3 is 0 Å². The second-order valence-corrected chi connectivity index (χ2v) is 1.87. The monoisotopic (exact) mass is 142 g/mol. The highest BCUT2D eigenvalue weighted by atomic mass is 16.3. The Hall–Kier alpha value is -0.890. The van der Waals surface area contributed by atoms with Crippen LogP contribution in [0.2, 0.25) is 0 Å². The fraction of sp³-hybridized carbons (Fsp3) is 0.500. The van der Waals surface area contributed by atoms with E-state index in [1.165, 1.54) is 0 Å². The summed E-state index contributed by atoms with van der Waals surface area (Å²) in [5, 5.41) is 25.9. The van der Waals surface area contributed by atoms with Gasteiger partial charge in [0.05, 0.1) is 6.07 Å². The summed E-state index contributed by atoms with van der Waals surface area (Å²) in [4.78, 5) is 0. The largest absolute Gasteiger partial charge is 0.387 e. The number of aliphatic hydroxyl groups excluding tert-OH is 2. The molecule has 0 fully saturated rings. The molecule has 0 heterocycles. The summed E-state index contributed by atoms with van der Waals surface area (Å²) in [7, 11) is 0. The predicted octanol–water partition coefficient (Wildman–Crippen LogP) is -1.25. The highest BCUT2D eigenvalue weighted by Gasteiger charge is 2.19. The van der Waals surface area contributed by atoms with Crippen molar-refractivity contribution in [2.24, 2.45) is 5.73 Å². The van der Waals surface area contributed by atoms with Gasteiger partial charge in [-0.25, -0.2) is 0 Å². The van der Waals surface area contributed by atoms with E-state index < -0.39 is 18.2 Å². The Morgan fingerprint density at radius 1 is 1.60 bits per heavy atom. The molecule has 0 unspecified atom stereocenters. The third kappa shape index (κ3) is 2.15. The summed E-state index contributed by atoms with van der Waals surface area (Å²) in [5.74, 6) is 0. The predicted molar refractivity (Wildman–Crippen MR) is 35.8 cm³/mol. The minimum Gasteiger partial charge on any atom is -0.387 e. The zero-order valence-corrected chi connectivity index (χ0v) is 5.44. The van der Waals surface area contributed by atoms with Gasteiger partial charge in [-0.1, -0.05) is 6.08 Å². The summed E-state index contributed by atoms with van der Waals surface area (Å²) in [6.45, 7) is 3.22. The van der Waals surface area contributed by atoms with Gasteiger partial charge in [0.15, 0.2) is 0 Å². The minimum atomic E-state index is -1.25. The Morgan fingerprint density at radius 2 is 2.10 bits per heavy atom. The van der Waals surface area contributed by atoms with E-state index in [9.17, 15) is 0 Å². The average Bonchev–Trinajstić information content (AvgIpc) is 2.00. The van der Waals surface area contributed by atoms with Crippen LogP contribution in [0.3, 0.4) is 0 Å². The lowest BCUT2D eigenvalue weighted by Gasteiger charge is -2.15. The lowest BCUT2D eigenvalue weighted by molar-refractivity contribution is 0.0425. The van der Waals surface area contributed by atoms with E-state index in [4.69, 9.17) is 21.2 Å². The van der Waals surface area contributed by atoms with Gasteiger partial charge in [-0.3, -0.25) is 0 Å². The standard InChI is InChI=1S/C6H10N2O2/c1-2-5(9)6(10)4(8)3-7/h2,4-6,9-10H,1,8H2/t4-,5+,6+/m0/s1. The van der Waals surface area contributed by atoms with Crippen LogP contribution in [0.25, 0.3) is 0 Å².